The molecule has 0 saturated carbocycles. The number of carbonyl (C=O) groups excluding carboxylic acids is 2. The van der Waals surface area contributed by atoms with Crippen molar-refractivity contribution in [1.82, 2.24) is 14.7 Å². The van der Waals surface area contributed by atoms with Gasteiger partial charge in [0, 0.05) is 18.8 Å². The molecule has 0 aliphatic rings. The lowest BCUT2D eigenvalue weighted by Crippen LogP contribution is -2.36. The van der Waals surface area contributed by atoms with Gasteiger partial charge >= 0.3 is 5.97 Å². The molecule has 3 rings (SSSR count). The fourth-order valence-corrected chi connectivity index (χ4v) is 2.91. The lowest BCUT2D eigenvalue weighted by Gasteiger charge is -2.12. The Labute approximate surface area is 167 Å². The molecule has 0 aliphatic heterocycles. The molecule has 0 radical (unpaired) electrons. The number of benzene rings is 1. The summed E-state index contributed by atoms with van der Waals surface area (Å²) in [5.41, 5.74) is 2.36. The van der Waals surface area contributed by atoms with Crippen molar-refractivity contribution in [2.45, 2.75) is 19.4 Å². The van der Waals surface area contributed by atoms with Crippen molar-refractivity contribution in [1.29, 1.82) is 0 Å². The van der Waals surface area contributed by atoms with Gasteiger partial charge in [0.15, 0.2) is 11.3 Å². The summed E-state index contributed by atoms with van der Waals surface area (Å²) in [4.78, 5) is 28.3. The van der Waals surface area contributed by atoms with Crippen LogP contribution in [0.1, 0.15) is 18.2 Å². The highest BCUT2D eigenvalue weighted by molar-refractivity contribution is 6.31. The van der Waals surface area contributed by atoms with Gasteiger partial charge in [0.05, 0.1) is 5.69 Å². The van der Waals surface area contributed by atoms with Crippen LogP contribution >= 0.6 is 11.6 Å². The average molecular weight is 398 g/mol. The average Bonchev–Trinajstić information content (AvgIpc) is 3.02. The number of ether oxygens (including phenoxy) is 1. The van der Waals surface area contributed by atoms with Crippen LogP contribution in [-0.4, -0.2) is 33.9 Å². The summed E-state index contributed by atoms with van der Waals surface area (Å²) in [6, 6.07) is 15.3. The van der Waals surface area contributed by atoms with Crippen LogP contribution < -0.4 is 5.32 Å². The van der Waals surface area contributed by atoms with Gasteiger partial charge in [-0.15, -0.1) is 0 Å². The zero-order valence-corrected chi connectivity index (χ0v) is 16.1. The van der Waals surface area contributed by atoms with Crippen molar-refractivity contribution < 1.29 is 14.3 Å². The van der Waals surface area contributed by atoms with E-state index >= 15 is 0 Å². The molecular weight excluding hydrogens is 378 g/mol. The summed E-state index contributed by atoms with van der Waals surface area (Å²) >= 11 is 6.12. The number of imidazole rings is 1. The lowest BCUT2D eigenvalue weighted by atomic mass is 10.1. The molecule has 1 N–H and O–H groups in total. The third-order valence-electron chi connectivity index (χ3n) is 4.12. The Morgan fingerprint density at radius 2 is 1.96 bits per heavy atom. The summed E-state index contributed by atoms with van der Waals surface area (Å²) in [6.07, 6.45) is 4.36. The molecule has 2 heterocycles. The second-order valence-corrected chi connectivity index (χ2v) is 6.51. The van der Waals surface area contributed by atoms with E-state index in [-0.39, 0.29) is 11.1 Å². The Bertz CT molecular complexity index is 999. The number of rotatable bonds is 7. The van der Waals surface area contributed by atoms with Gasteiger partial charge in [-0.1, -0.05) is 48.0 Å². The third kappa shape index (κ3) is 4.98. The number of nitrogens with one attached hydrogen (secondary N) is 1. The maximum Gasteiger partial charge on any atom is 0.331 e. The summed E-state index contributed by atoms with van der Waals surface area (Å²) in [5.74, 6) is -0.974. The fourth-order valence-electron chi connectivity index (χ4n) is 2.67. The minimum absolute atomic E-state index is 0.280. The van der Waals surface area contributed by atoms with Crippen molar-refractivity contribution in [2.75, 3.05) is 6.54 Å². The summed E-state index contributed by atoms with van der Waals surface area (Å²) in [7, 11) is 0. The van der Waals surface area contributed by atoms with Gasteiger partial charge in [-0.25, -0.2) is 9.78 Å². The van der Waals surface area contributed by atoms with E-state index in [4.69, 9.17) is 16.3 Å². The Kier molecular flexibility index (Phi) is 6.45. The van der Waals surface area contributed by atoms with Crippen LogP contribution in [0, 0.1) is 0 Å². The molecule has 3 aromatic rings. The van der Waals surface area contributed by atoms with E-state index in [1.165, 1.54) is 19.1 Å². The minimum atomic E-state index is -0.898. The topological polar surface area (TPSA) is 72.7 Å². The molecule has 7 heteroatoms. The van der Waals surface area contributed by atoms with E-state index < -0.39 is 12.1 Å². The van der Waals surface area contributed by atoms with Crippen molar-refractivity contribution in [3.05, 3.63) is 77.2 Å². The SMILES string of the molecule is C[C@H](OC(=O)/C=C/c1c(Cl)nc2ccccn12)C(=O)NCCc1ccccc1. The highest BCUT2D eigenvalue weighted by Gasteiger charge is 2.16. The molecule has 6 nitrogen and oxygen atoms in total. The monoisotopic (exact) mass is 397 g/mol. The molecule has 0 aliphatic carbocycles. The van der Waals surface area contributed by atoms with E-state index in [0.717, 1.165) is 5.56 Å². The smallest absolute Gasteiger partial charge is 0.331 e. The number of esters is 1. The molecular formula is C21H20ClN3O3. The van der Waals surface area contributed by atoms with Crippen LogP contribution in [0.25, 0.3) is 11.7 Å². The second-order valence-electron chi connectivity index (χ2n) is 6.16. The van der Waals surface area contributed by atoms with Crippen molar-refractivity contribution in [3.8, 4) is 0 Å². The quantitative estimate of drug-likeness (QED) is 0.490. The van der Waals surface area contributed by atoms with Gasteiger partial charge < -0.3 is 10.1 Å². The lowest BCUT2D eigenvalue weighted by molar-refractivity contribution is -0.150. The second kappa shape index (κ2) is 9.19. The molecule has 0 spiro atoms. The van der Waals surface area contributed by atoms with E-state index in [0.29, 0.717) is 24.3 Å². The highest BCUT2D eigenvalue weighted by atomic mass is 35.5. The van der Waals surface area contributed by atoms with Crippen LogP contribution in [0.15, 0.2) is 60.8 Å². The zero-order valence-electron chi connectivity index (χ0n) is 15.3. The largest absolute Gasteiger partial charge is 0.449 e. The molecule has 144 valence electrons. The molecule has 1 amide bonds. The molecule has 0 unspecified atom stereocenters. The first-order chi connectivity index (χ1) is 13.5. The van der Waals surface area contributed by atoms with E-state index in [1.54, 1.807) is 10.6 Å². The predicted molar refractivity (Wildman–Crippen MR) is 108 cm³/mol. The van der Waals surface area contributed by atoms with E-state index in [2.05, 4.69) is 10.3 Å². The van der Waals surface area contributed by atoms with Crippen LogP contribution in [0.5, 0.6) is 0 Å². The third-order valence-corrected chi connectivity index (χ3v) is 4.40. The number of pyridine rings is 1. The zero-order chi connectivity index (χ0) is 19.9. The first-order valence-electron chi connectivity index (χ1n) is 8.87. The Morgan fingerprint density at radius 3 is 2.75 bits per heavy atom. The van der Waals surface area contributed by atoms with Crippen LogP contribution in [0.3, 0.4) is 0 Å². The summed E-state index contributed by atoms with van der Waals surface area (Å²) < 4.78 is 6.91. The number of hydrogen-bond donors (Lipinski definition) is 1. The Hall–Kier alpha value is -3.12. The number of aromatic nitrogens is 2. The van der Waals surface area contributed by atoms with Gasteiger partial charge in [-0.05, 0) is 37.1 Å². The molecule has 28 heavy (non-hydrogen) atoms. The highest BCUT2D eigenvalue weighted by Crippen LogP contribution is 2.18. The Balaban J connectivity index is 1.51. The van der Waals surface area contributed by atoms with Gasteiger partial charge in [0.2, 0.25) is 0 Å². The predicted octanol–water partition coefficient (Wildman–Crippen LogP) is 3.29. The van der Waals surface area contributed by atoms with Gasteiger partial charge in [0.25, 0.3) is 5.91 Å². The number of amides is 1. The number of hydrogen-bond acceptors (Lipinski definition) is 4. The fraction of sp³-hybridized carbons (Fsp3) is 0.190. The maximum atomic E-state index is 12.1. The molecule has 0 bridgehead atoms. The van der Waals surface area contributed by atoms with Gasteiger partial charge in [-0.2, -0.15) is 0 Å². The standard InChI is InChI=1S/C21H20ClN3O3/c1-15(21(27)23-13-12-16-7-3-2-4-8-16)28-19(26)11-10-17-20(22)24-18-9-5-6-14-25(17)18/h2-11,14-15H,12-13H2,1H3,(H,23,27)/b11-10+/t15-/m0/s1. The maximum absolute atomic E-state index is 12.1. The molecule has 1 atom stereocenters. The van der Waals surface area contributed by atoms with E-state index in [9.17, 15) is 9.59 Å². The van der Waals surface area contributed by atoms with Crippen molar-refractivity contribution >= 4 is 35.2 Å². The summed E-state index contributed by atoms with van der Waals surface area (Å²) in [5, 5.41) is 3.04. The first kappa shape index (κ1) is 19.6. The Morgan fingerprint density at radius 1 is 1.21 bits per heavy atom. The number of carbonyl (C=O) groups is 2. The first-order valence-corrected chi connectivity index (χ1v) is 9.25. The molecule has 2 aromatic heterocycles. The van der Waals surface area contributed by atoms with Crippen molar-refractivity contribution in [2.24, 2.45) is 0 Å². The van der Waals surface area contributed by atoms with Crippen LogP contribution in [0.2, 0.25) is 5.15 Å². The number of halogens is 1. The van der Waals surface area contributed by atoms with Gasteiger partial charge in [-0.3, -0.25) is 9.20 Å². The molecule has 1 aromatic carbocycles. The number of nitrogens with zero attached hydrogens (tertiary/aromatic N) is 2. The summed E-state index contributed by atoms with van der Waals surface area (Å²) in [6.45, 7) is 2.00. The van der Waals surface area contributed by atoms with Crippen molar-refractivity contribution in [3.63, 3.8) is 0 Å². The van der Waals surface area contributed by atoms with Crippen LogP contribution in [-0.2, 0) is 20.7 Å². The molecule has 0 fully saturated rings. The minimum Gasteiger partial charge on any atom is -0.449 e. The normalized spacial score (nSPS) is 12.2. The molecule has 0 saturated heterocycles. The van der Waals surface area contributed by atoms with Gasteiger partial charge in [0.1, 0.15) is 5.65 Å². The van der Waals surface area contributed by atoms with E-state index in [1.807, 2.05) is 48.5 Å². The number of fused-ring (bicyclic) bond motifs is 1. The van der Waals surface area contributed by atoms with Crippen LogP contribution in [0.4, 0.5) is 0 Å².